The number of carbonyl (C=O) groups is 2. The number of amides is 2. The molecule has 2 aromatic carbocycles. The molecule has 33 heavy (non-hydrogen) atoms. The van der Waals surface area contributed by atoms with Crippen molar-refractivity contribution in [2.75, 3.05) is 25.0 Å². The van der Waals surface area contributed by atoms with Crippen molar-refractivity contribution in [1.29, 1.82) is 0 Å². The number of rotatable bonds is 7. The normalized spacial score (nSPS) is 14.2. The number of unbranched alkanes of at least 4 members (excludes halogenated alkanes) is 1. The van der Waals surface area contributed by atoms with Gasteiger partial charge >= 0.3 is 12.0 Å². The van der Waals surface area contributed by atoms with Crippen LogP contribution in [0.1, 0.15) is 54.0 Å². The van der Waals surface area contributed by atoms with E-state index in [1.54, 1.807) is 16.2 Å². The molecule has 0 spiro atoms. The van der Waals surface area contributed by atoms with Crippen LogP contribution in [0.25, 0.3) is 11.1 Å². The summed E-state index contributed by atoms with van der Waals surface area (Å²) in [6.45, 7) is 3.91. The Kier molecular flexibility index (Phi) is 7.73. The van der Waals surface area contributed by atoms with Gasteiger partial charge in [0.2, 0.25) is 5.01 Å². The van der Waals surface area contributed by atoms with E-state index < -0.39 is 0 Å². The highest BCUT2D eigenvalue weighted by molar-refractivity contribution is 7.09. The third-order valence-corrected chi connectivity index (χ3v) is 6.96. The molecule has 7 heteroatoms. The lowest BCUT2D eigenvalue weighted by Gasteiger charge is -2.29. The highest BCUT2D eigenvalue weighted by Gasteiger charge is 2.30. The van der Waals surface area contributed by atoms with E-state index in [1.165, 1.54) is 0 Å². The molecule has 1 fully saturated rings. The van der Waals surface area contributed by atoms with Crippen LogP contribution >= 0.6 is 11.3 Å². The minimum Gasteiger partial charge on any atom is -0.449 e. The number of ether oxygens (including phenoxy) is 1. The molecule has 1 saturated heterocycles. The average Bonchev–Trinajstić information content (AvgIpc) is 3.36. The SMILES string of the molecule is CCCCOC(=O)N1CCC(c2[nH+]c(C(=O)Nc3ccccc3-c3ccccc3)cs2)CC1. The van der Waals surface area contributed by atoms with Crippen molar-refractivity contribution in [3.63, 3.8) is 0 Å². The van der Waals surface area contributed by atoms with Crippen molar-refractivity contribution in [2.45, 2.75) is 38.5 Å². The van der Waals surface area contributed by atoms with Crippen LogP contribution in [0.3, 0.4) is 0 Å². The van der Waals surface area contributed by atoms with Gasteiger partial charge in [-0.1, -0.05) is 73.2 Å². The van der Waals surface area contributed by atoms with E-state index in [2.05, 4.69) is 17.2 Å². The summed E-state index contributed by atoms with van der Waals surface area (Å²) in [6, 6.07) is 17.8. The van der Waals surface area contributed by atoms with Gasteiger partial charge in [0, 0.05) is 24.3 Å². The Bertz CT molecular complexity index is 1080. The van der Waals surface area contributed by atoms with Crippen LogP contribution in [0.4, 0.5) is 10.5 Å². The van der Waals surface area contributed by atoms with E-state index in [4.69, 9.17) is 4.74 Å². The maximum atomic E-state index is 13.0. The molecule has 3 aromatic rings. The van der Waals surface area contributed by atoms with Crippen LogP contribution in [-0.4, -0.2) is 36.6 Å². The summed E-state index contributed by atoms with van der Waals surface area (Å²) in [5, 5.41) is 6.01. The Balaban J connectivity index is 1.36. The van der Waals surface area contributed by atoms with Crippen LogP contribution < -0.4 is 10.3 Å². The highest BCUT2D eigenvalue weighted by Crippen LogP contribution is 2.30. The van der Waals surface area contributed by atoms with E-state index in [9.17, 15) is 9.59 Å². The van der Waals surface area contributed by atoms with Crippen LogP contribution in [0.5, 0.6) is 0 Å². The van der Waals surface area contributed by atoms with E-state index in [-0.39, 0.29) is 12.0 Å². The molecule has 1 aromatic heterocycles. The van der Waals surface area contributed by atoms with Gasteiger partial charge in [-0.05, 0) is 30.9 Å². The number of hydrogen-bond acceptors (Lipinski definition) is 4. The van der Waals surface area contributed by atoms with Gasteiger partial charge in [0.15, 0.2) is 0 Å². The monoisotopic (exact) mass is 464 g/mol. The molecule has 6 nitrogen and oxygen atoms in total. The molecule has 2 amide bonds. The summed E-state index contributed by atoms with van der Waals surface area (Å²) in [4.78, 5) is 30.2. The van der Waals surface area contributed by atoms with Crippen LogP contribution in [0.15, 0.2) is 60.0 Å². The fourth-order valence-corrected chi connectivity index (χ4v) is 5.00. The fraction of sp³-hybridized carbons (Fsp3) is 0.346. The molecule has 0 unspecified atom stereocenters. The number of aromatic nitrogens is 1. The minimum atomic E-state index is -0.214. The first-order chi connectivity index (χ1) is 16.2. The first-order valence-corrected chi connectivity index (χ1v) is 12.4. The number of hydrogen-bond donors (Lipinski definition) is 1. The van der Waals surface area contributed by atoms with Crippen LogP contribution in [0.2, 0.25) is 0 Å². The zero-order valence-electron chi connectivity index (χ0n) is 18.9. The van der Waals surface area contributed by atoms with Crippen molar-refractivity contribution in [3.8, 4) is 11.1 Å². The maximum Gasteiger partial charge on any atom is 0.409 e. The van der Waals surface area contributed by atoms with E-state index in [0.717, 1.165) is 47.5 Å². The lowest BCUT2D eigenvalue weighted by molar-refractivity contribution is -0.389. The summed E-state index contributed by atoms with van der Waals surface area (Å²) in [7, 11) is 0. The Hall–Kier alpha value is -3.19. The molecule has 0 aliphatic carbocycles. The Morgan fingerprint density at radius 2 is 1.82 bits per heavy atom. The molecule has 2 N–H and O–H groups in total. The summed E-state index contributed by atoms with van der Waals surface area (Å²) in [5.41, 5.74) is 3.38. The lowest BCUT2D eigenvalue weighted by Crippen LogP contribution is -2.39. The molecule has 0 radical (unpaired) electrons. The molecule has 1 aliphatic heterocycles. The third kappa shape index (κ3) is 5.79. The first kappa shape index (κ1) is 23.0. The molecule has 4 rings (SSSR count). The number of nitrogens with one attached hydrogen (secondary N) is 2. The number of piperidine rings is 1. The second-order valence-corrected chi connectivity index (χ2v) is 9.14. The molecule has 2 heterocycles. The van der Waals surface area contributed by atoms with Crippen LogP contribution in [-0.2, 0) is 4.74 Å². The standard InChI is InChI=1S/C26H29N3O3S/c1-2-3-17-32-26(31)29-15-13-20(14-16-29)25-28-23(18-33-25)24(30)27-22-12-8-7-11-21(22)19-9-5-4-6-10-19/h4-12,18,20H,2-3,13-17H2,1H3,(H,27,30)/p+1. The molecule has 172 valence electrons. The topological polar surface area (TPSA) is 72.8 Å². The Labute approximate surface area is 198 Å². The quantitative estimate of drug-likeness (QED) is 0.463. The fourth-order valence-electron chi connectivity index (χ4n) is 3.99. The number of aromatic amines is 1. The zero-order valence-corrected chi connectivity index (χ0v) is 19.7. The minimum absolute atomic E-state index is 0.155. The number of anilines is 1. The van der Waals surface area contributed by atoms with E-state index in [0.29, 0.717) is 31.3 Å². The largest absolute Gasteiger partial charge is 0.449 e. The van der Waals surface area contributed by atoms with Crippen molar-refractivity contribution in [3.05, 3.63) is 70.7 Å². The summed E-state index contributed by atoms with van der Waals surface area (Å²) >= 11 is 1.57. The molecular weight excluding hydrogens is 434 g/mol. The number of benzene rings is 2. The number of likely N-dealkylation sites (tertiary alicyclic amines) is 1. The molecule has 1 aliphatic rings. The van der Waals surface area contributed by atoms with E-state index in [1.807, 2.05) is 60.0 Å². The predicted octanol–water partition coefficient (Wildman–Crippen LogP) is 5.60. The summed E-state index contributed by atoms with van der Waals surface area (Å²) in [6.07, 6.45) is 3.41. The third-order valence-electron chi connectivity index (χ3n) is 5.91. The first-order valence-electron chi connectivity index (χ1n) is 11.5. The van der Waals surface area contributed by atoms with Gasteiger partial charge in [0.1, 0.15) is 0 Å². The van der Waals surface area contributed by atoms with Gasteiger partial charge in [-0.2, -0.15) is 4.98 Å². The van der Waals surface area contributed by atoms with Gasteiger partial charge in [-0.15, -0.1) is 0 Å². The van der Waals surface area contributed by atoms with Gasteiger partial charge in [0.05, 0.1) is 17.9 Å². The summed E-state index contributed by atoms with van der Waals surface area (Å²) in [5.74, 6) is 0.158. The predicted molar refractivity (Wildman–Crippen MR) is 131 cm³/mol. The van der Waals surface area contributed by atoms with Crippen molar-refractivity contribution < 1.29 is 19.3 Å². The van der Waals surface area contributed by atoms with Gasteiger partial charge in [0.25, 0.3) is 5.69 Å². The second-order valence-electron chi connectivity index (χ2n) is 8.23. The average molecular weight is 465 g/mol. The van der Waals surface area contributed by atoms with Gasteiger partial charge in [-0.25, -0.2) is 4.79 Å². The second kappa shape index (κ2) is 11.1. The zero-order chi connectivity index (χ0) is 23.0. The number of nitrogens with zero attached hydrogens (tertiary/aromatic N) is 1. The Morgan fingerprint density at radius 3 is 2.58 bits per heavy atom. The van der Waals surface area contributed by atoms with Crippen molar-refractivity contribution in [2.24, 2.45) is 0 Å². The summed E-state index contributed by atoms with van der Waals surface area (Å²) < 4.78 is 5.33. The number of para-hydroxylation sites is 1. The number of H-pyrrole nitrogens is 1. The number of thiazole rings is 1. The Morgan fingerprint density at radius 1 is 1.09 bits per heavy atom. The van der Waals surface area contributed by atoms with Gasteiger partial charge in [-0.3, -0.25) is 4.79 Å². The number of carbonyl (C=O) groups excluding carboxylic acids is 2. The van der Waals surface area contributed by atoms with Crippen molar-refractivity contribution in [1.82, 2.24) is 4.90 Å². The van der Waals surface area contributed by atoms with Crippen LogP contribution in [0, 0.1) is 0 Å². The highest BCUT2D eigenvalue weighted by atomic mass is 32.1. The van der Waals surface area contributed by atoms with Crippen molar-refractivity contribution >= 4 is 29.0 Å². The maximum absolute atomic E-state index is 13.0. The molecule has 0 atom stereocenters. The molecule has 0 bridgehead atoms. The smallest absolute Gasteiger partial charge is 0.409 e. The molecule has 0 saturated carbocycles. The lowest BCUT2D eigenvalue weighted by atomic mass is 9.98. The molecular formula is C26H30N3O3S+. The van der Waals surface area contributed by atoms with Gasteiger partial charge < -0.3 is 15.0 Å². The van der Waals surface area contributed by atoms with E-state index >= 15 is 0 Å².